The number of hydrogen-bond acceptors (Lipinski definition) is 4. The molecule has 5 nitrogen and oxygen atoms in total. The smallest absolute Gasteiger partial charge is 0.302 e. The maximum absolute atomic E-state index is 12.6. The van der Waals surface area contributed by atoms with Crippen molar-refractivity contribution in [2.24, 2.45) is 18.9 Å². The lowest BCUT2D eigenvalue weighted by Crippen LogP contribution is -2.38. The first-order chi connectivity index (χ1) is 10.4. The Bertz CT molecular complexity index is 897. The van der Waals surface area contributed by atoms with Crippen molar-refractivity contribution in [2.45, 2.75) is 36.6 Å². The van der Waals surface area contributed by atoms with E-state index in [1.54, 1.807) is 29.8 Å². The summed E-state index contributed by atoms with van der Waals surface area (Å²) in [6.07, 6.45) is 4.50. The van der Waals surface area contributed by atoms with E-state index in [-0.39, 0.29) is 15.8 Å². The van der Waals surface area contributed by atoms with E-state index < -0.39 is 10.0 Å². The fourth-order valence-corrected chi connectivity index (χ4v) is 6.27. The van der Waals surface area contributed by atoms with E-state index in [9.17, 15) is 13.2 Å². The lowest BCUT2D eigenvalue weighted by atomic mass is 9.96. The minimum Gasteiger partial charge on any atom is -0.302 e. The molecule has 7 heteroatoms. The van der Waals surface area contributed by atoms with Gasteiger partial charge in [-0.2, -0.15) is 0 Å². The molecule has 22 heavy (non-hydrogen) atoms. The molecule has 4 rings (SSSR count). The van der Waals surface area contributed by atoms with Gasteiger partial charge in [-0.25, -0.2) is 13.1 Å². The fourth-order valence-electron chi connectivity index (χ4n) is 3.94. The van der Waals surface area contributed by atoms with Crippen LogP contribution in [0.4, 0.5) is 0 Å². The molecule has 0 saturated heterocycles. The van der Waals surface area contributed by atoms with Crippen molar-refractivity contribution in [3.63, 3.8) is 0 Å². The van der Waals surface area contributed by atoms with E-state index in [2.05, 4.69) is 4.72 Å². The van der Waals surface area contributed by atoms with Gasteiger partial charge in [-0.05, 0) is 49.3 Å². The quantitative estimate of drug-likeness (QED) is 0.931. The van der Waals surface area contributed by atoms with Crippen molar-refractivity contribution in [1.29, 1.82) is 0 Å². The molecule has 0 unspecified atom stereocenters. The third-order valence-electron chi connectivity index (χ3n) is 5.12. The summed E-state index contributed by atoms with van der Waals surface area (Å²) in [7, 11) is -1.82. The average molecular weight is 338 g/mol. The molecule has 2 saturated carbocycles. The average Bonchev–Trinajstić information content (AvgIpc) is 3.14. The van der Waals surface area contributed by atoms with Crippen LogP contribution in [0.25, 0.3) is 10.2 Å². The topological polar surface area (TPSA) is 68.2 Å². The first-order valence-electron chi connectivity index (χ1n) is 7.56. The number of benzene rings is 1. The van der Waals surface area contributed by atoms with Crippen LogP contribution in [0.5, 0.6) is 0 Å². The predicted octanol–water partition coefficient (Wildman–Crippen LogP) is 2.07. The molecule has 3 atom stereocenters. The molecule has 1 N–H and O–H groups in total. The van der Waals surface area contributed by atoms with Crippen molar-refractivity contribution < 1.29 is 8.42 Å². The number of nitrogens with one attached hydrogen (secondary N) is 1. The lowest BCUT2D eigenvalue weighted by molar-refractivity contribution is 0.390. The second-order valence-corrected chi connectivity index (χ2v) is 9.17. The highest BCUT2D eigenvalue weighted by Crippen LogP contribution is 2.44. The van der Waals surface area contributed by atoms with Gasteiger partial charge in [0.15, 0.2) is 0 Å². The molecule has 0 amide bonds. The fraction of sp³-hybridized carbons (Fsp3) is 0.533. The van der Waals surface area contributed by atoms with E-state index in [0.717, 1.165) is 36.1 Å². The molecule has 2 aliphatic carbocycles. The minimum absolute atomic E-state index is 0.0777. The second-order valence-electron chi connectivity index (χ2n) is 6.46. The third kappa shape index (κ3) is 2.23. The van der Waals surface area contributed by atoms with Gasteiger partial charge in [0.1, 0.15) is 0 Å². The van der Waals surface area contributed by atoms with Crippen LogP contribution < -0.4 is 9.60 Å². The van der Waals surface area contributed by atoms with Crippen LogP contribution in [-0.2, 0) is 17.1 Å². The number of fused-ring (bicyclic) bond motifs is 3. The van der Waals surface area contributed by atoms with Crippen molar-refractivity contribution in [1.82, 2.24) is 9.29 Å². The maximum Gasteiger partial charge on any atom is 0.307 e. The number of aromatic nitrogens is 1. The molecule has 0 radical (unpaired) electrons. The van der Waals surface area contributed by atoms with Crippen LogP contribution in [-0.4, -0.2) is 19.0 Å². The summed E-state index contributed by atoms with van der Waals surface area (Å²) in [6.45, 7) is 0. The highest BCUT2D eigenvalue weighted by Gasteiger charge is 2.41. The summed E-state index contributed by atoms with van der Waals surface area (Å²) in [5.74, 6) is 1.19. The molecule has 2 fully saturated rings. The summed E-state index contributed by atoms with van der Waals surface area (Å²) in [5, 5.41) is 0. The van der Waals surface area contributed by atoms with Gasteiger partial charge in [0.05, 0.1) is 15.1 Å². The van der Waals surface area contributed by atoms with Crippen LogP contribution in [0.1, 0.15) is 25.7 Å². The Hall–Kier alpha value is -1.18. The summed E-state index contributed by atoms with van der Waals surface area (Å²) < 4.78 is 30.4. The van der Waals surface area contributed by atoms with Gasteiger partial charge in [-0.15, -0.1) is 0 Å². The van der Waals surface area contributed by atoms with Crippen LogP contribution in [0, 0.1) is 11.8 Å². The SMILES string of the molecule is Cn1c(=O)sc2cc(S(=O)(=O)N[C@H]3C[C@@H]4CC[C@@H]3C4)ccc21. The van der Waals surface area contributed by atoms with Gasteiger partial charge in [0.2, 0.25) is 10.0 Å². The van der Waals surface area contributed by atoms with Crippen LogP contribution in [0.2, 0.25) is 0 Å². The van der Waals surface area contributed by atoms with E-state index in [1.165, 1.54) is 6.42 Å². The number of aryl methyl sites for hydroxylation is 1. The number of nitrogens with zero attached hydrogens (tertiary/aromatic N) is 1. The monoisotopic (exact) mass is 338 g/mol. The Kier molecular flexibility index (Phi) is 3.22. The van der Waals surface area contributed by atoms with Gasteiger partial charge in [-0.3, -0.25) is 4.79 Å². The van der Waals surface area contributed by atoms with E-state index >= 15 is 0 Å². The standard InChI is InChI=1S/C15H18N2O3S2/c1-17-13-5-4-11(8-14(13)21-15(17)18)22(19,20)16-12-7-9-2-3-10(12)6-9/h4-5,8-10,12,16H,2-3,6-7H2,1H3/t9-,10-,12+/m1/s1. The van der Waals surface area contributed by atoms with Crippen LogP contribution in [0.15, 0.2) is 27.9 Å². The summed E-state index contributed by atoms with van der Waals surface area (Å²) in [5.41, 5.74) is 0.772. The molecule has 1 aromatic heterocycles. The Morgan fingerprint density at radius 3 is 2.77 bits per heavy atom. The summed E-state index contributed by atoms with van der Waals surface area (Å²) in [6, 6.07) is 4.98. The van der Waals surface area contributed by atoms with Crippen LogP contribution in [0.3, 0.4) is 0 Å². The Morgan fingerprint density at radius 2 is 2.09 bits per heavy atom. The van der Waals surface area contributed by atoms with E-state index in [4.69, 9.17) is 0 Å². The third-order valence-corrected chi connectivity index (χ3v) is 7.60. The Morgan fingerprint density at radius 1 is 1.27 bits per heavy atom. The predicted molar refractivity (Wildman–Crippen MR) is 86.6 cm³/mol. The molecule has 2 aliphatic rings. The van der Waals surface area contributed by atoms with E-state index in [1.807, 2.05) is 0 Å². The molecule has 0 aliphatic heterocycles. The molecule has 1 heterocycles. The van der Waals surface area contributed by atoms with Crippen molar-refractivity contribution >= 4 is 31.6 Å². The van der Waals surface area contributed by atoms with Gasteiger partial charge in [-0.1, -0.05) is 17.8 Å². The van der Waals surface area contributed by atoms with Gasteiger partial charge < -0.3 is 4.57 Å². The largest absolute Gasteiger partial charge is 0.307 e. The van der Waals surface area contributed by atoms with Gasteiger partial charge in [0.25, 0.3) is 0 Å². The molecular formula is C15H18N2O3S2. The number of thiazole rings is 1. The van der Waals surface area contributed by atoms with Crippen LogP contribution >= 0.6 is 11.3 Å². The van der Waals surface area contributed by atoms with Crippen molar-refractivity contribution in [3.05, 3.63) is 27.9 Å². The van der Waals surface area contributed by atoms with Crippen molar-refractivity contribution in [2.75, 3.05) is 0 Å². The first kappa shape index (κ1) is 14.4. The highest BCUT2D eigenvalue weighted by molar-refractivity contribution is 7.89. The number of sulfonamides is 1. The van der Waals surface area contributed by atoms with Gasteiger partial charge in [0, 0.05) is 13.1 Å². The summed E-state index contributed by atoms with van der Waals surface area (Å²) in [4.78, 5) is 11.9. The van der Waals surface area contributed by atoms with E-state index in [0.29, 0.717) is 16.5 Å². The molecule has 118 valence electrons. The second kappa shape index (κ2) is 4.91. The summed E-state index contributed by atoms with van der Waals surface area (Å²) >= 11 is 1.08. The van der Waals surface area contributed by atoms with Crippen molar-refractivity contribution in [3.8, 4) is 0 Å². The van der Waals surface area contributed by atoms with Gasteiger partial charge >= 0.3 is 4.87 Å². The maximum atomic E-state index is 12.6. The Balaban J connectivity index is 1.66. The molecule has 1 aromatic carbocycles. The molecule has 2 aromatic rings. The zero-order valence-electron chi connectivity index (χ0n) is 12.3. The minimum atomic E-state index is -3.52. The first-order valence-corrected chi connectivity index (χ1v) is 9.86. The highest BCUT2D eigenvalue weighted by atomic mass is 32.2. The zero-order chi connectivity index (χ0) is 15.5. The number of rotatable bonds is 3. The Labute approximate surface area is 133 Å². The lowest BCUT2D eigenvalue weighted by Gasteiger charge is -2.22. The number of hydrogen-bond donors (Lipinski definition) is 1. The molecule has 0 spiro atoms. The molecular weight excluding hydrogens is 320 g/mol. The normalized spacial score (nSPS) is 27.8. The zero-order valence-corrected chi connectivity index (χ0v) is 13.9. The molecule has 2 bridgehead atoms.